The molecule has 0 saturated heterocycles. The van der Waals surface area contributed by atoms with Gasteiger partial charge in [-0.3, -0.25) is 14.9 Å². The smallest absolute Gasteiger partial charge is 0.271 e. The Bertz CT molecular complexity index is 1320. The predicted octanol–water partition coefficient (Wildman–Crippen LogP) is 6.03. The molecular formula is C24H17Cl2N3O5. The zero-order valence-electron chi connectivity index (χ0n) is 17.7. The number of nitrogens with one attached hydrogen (secondary N) is 1. The van der Waals surface area contributed by atoms with Crippen molar-refractivity contribution in [1.29, 1.82) is 5.26 Å². The number of non-ortho nitro benzene ring substituents is 1. The van der Waals surface area contributed by atoms with Gasteiger partial charge in [-0.15, -0.1) is 0 Å². The van der Waals surface area contributed by atoms with Crippen LogP contribution >= 0.6 is 23.2 Å². The van der Waals surface area contributed by atoms with Crippen LogP contribution in [0.3, 0.4) is 0 Å². The molecule has 1 amide bonds. The lowest BCUT2D eigenvalue weighted by Gasteiger charge is -2.14. The third kappa shape index (κ3) is 6.04. The van der Waals surface area contributed by atoms with Gasteiger partial charge in [-0.2, -0.15) is 5.26 Å². The van der Waals surface area contributed by atoms with Gasteiger partial charge in [-0.25, -0.2) is 0 Å². The Balaban J connectivity index is 1.88. The first kappa shape index (κ1) is 24.6. The number of hydrogen-bond donors (Lipinski definition) is 1. The molecule has 172 valence electrons. The first-order valence-electron chi connectivity index (χ1n) is 9.73. The van der Waals surface area contributed by atoms with E-state index in [0.29, 0.717) is 22.1 Å². The summed E-state index contributed by atoms with van der Waals surface area (Å²) in [4.78, 5) is 23.0. The summed E-state index contributed by atoms with van der Waals surface area (Å²) in [6.07, 6.45) is 1.35. The Kier molecular flexibility index (Phi) is 8.09. The Morgan fingerprint density at radius 1 is 1.18 bits per heavy atom. The van der Waals surface area contributed by atoms with Gasteiger partial charge in [0.15, 0.2) is 11.5 Å². The van der Waals surface area contributed by atoms with Gasteiger partial charge in [-0.05, 0) is 35.9 Å². The van der Waals surface area contributed by atoms with Gasteiger partial charge in [0.05, 0.1) is 22.7 Å². The highest BCUT2D eigenvalue weighted by Gasteiger charge is 2.17. The van der Waals surface area contributed by atoms with Crippen molar-refractivity contribution in [3.8, 4) is 17.6 Å². The molecule has 0 fully saturated rings. The summed E-state index contributed by atoms with van der Waals surface area (Å²) in [6, 6.07) is 17.6. The van der Waals surface area contributed by atoms with Crippen LogP contribution in [0.2, 0.25) is 10.0 Å². The number of nitro groups is 1. The van der Waals surface area contributed by atoms with Gasteiger partial charge in [0.2, 0.25) is 0 Å². The van der Waals surface area contributed by atoms with E-state index in [1.165, 1.54) is 25.3 Å². The molecule has 0 aliphatic heterocycles. The molecule has 3 aromatic carbocycles. The number of methoxy groups -OCH3 is 1. The molecule has 0 aromatic heterocycles. The highest BCUT2D eigenvalue weighted by Crippen LogP contribution is 2.34. The number of hydrogen-bond acceptors (Lipinski definition) is 6. The van der Waals surface area contributed by atoms with Crippen molar-refractivity contribution in [3.63, 3.8) is 0 Å². The first-order valence-corrected chi connectivity index (χ1v) is 10.5. The van der Waals surface area contributed by atoms with Crippen molar-refractivity contribution in [2.24, 2.45) is 0 Å². The van der Waals surface area contributed by atoms with E-state index >= 15 is 0 Å². The minimum atomic E-state index is -0.748. The molecule has 3 aromatic rings. The molecule has 0 unspecified atom stereocenters. The van der Waals surface area contributed by atoms with E-state index in [0.717, 1.165) is 11.6 Å². The minimum Gasteiger partial charge on any atom is -0.493 e. The average Bonchev–Trinajstić information content (AvgIpc) is 2.82. The molecule has 10 heteroatoms. The number of para-hydroxylation sites is 1. The quantitative estimate of drug-likeness (QED) is 0.175. The Hall–Kier alpha value is -4.06. The molecule has 3 rings (SSSR count). The lowest BCUT2D eigenvalue weighted by Crippen LogP contribution is -2.14. The number of halogens is 2. The molecule has 0 spiro atoms. The normalized spacial score (nSPS) is 10.8. The average molecular weight is 498 g/mol. The number of carbonyl (C=O) groups excluding carboxylic acids is 1. The van der Waals surface area contributed by atoms with E-state index in [1.54, 1.807) is 36.4 Å². The number of benzene rings is 3. The molecule has 1 N–H and O–H groups in total. The van der Waals surface area contributed by atoms with E-state index < -0.39 is 10.8 Å². The lowest BCUT2D eigenvalue weighted by molar-refractivity contribution is -0.384. The predicted molar refractivity (Wildman–Crippen MR) is 129 cm³/mol. The number of nitro benzene ring substituents is 1. The summed E-state index contributed by atoms with van der Waals surface area (Å²) in [6.45, 7) is 0.175. The molecule has 0 heterocycles. The molecule has 0 aliphatic carbocycles. The van der Waals surface area contributed by atoms with Gasteiger partial charge < -0.3 is 14.8 Å². The third-order valence-corrected chi connectivity index (χ3v) is 5.13. The van der Waals surface area contributed by atoms with E-state index in [1.807, 2.05) is 12.1 Å². The van der Waals surface area contributed by atoms with Gasteiger partial charge in [0.1, 0.15) is 18.2 Å². The molecule has 0 radical (unpaired) electrons. The summed E-state index contributed by atoms with van der Waals surface area (Å²) < 4.78 is 11.3. The van der Waals surface area contributed by atoms with Gasteiger partial charge in [-0.1, -0.05) is 47.5 Å². The SMILES string of the molecule is COc1cccc(/C=C(/C#N)C(=O)Nc2ccc([N+](=O)[O-])cc2Cl)c1OCc1cccc(Cl)c1. The topological polar surface area (TPSA) is 114 Å². The van der Waals surface area contributed by atoms with Crippen LogP contribution in [0, 0.1) is 21.4 Å². The Labute approximate surface area is 205 Å². The zero-order chi connectivity index (χ0) is 24.7. The lowest BCUT2D eigenvalue weighted by atomic mass is 10.1. The van der Waals surface area contributed by atoms with Crippen LogP contribution in [-0.4, -0.2) is 17.9 Å². The van der Waals surface area contributed by atoms with E-state index in [9.17, 15) is 20.2 Å². The summed E-state index contributed by atoms with van der Waals surface area (Å²) >= 11 is 12.1. The maximum atomic E-state index is 12.7. The molecule has 34 heavy (non-hydrogen) atoms. The van der Waals surface area contributed by atoms with E-state index in [-0.39, 0.29) is 28.6 Å². The number of amides is 1. The van der Waals surface area contributed by atoms with E-state index in [4.69, 9.17) is 32.7 Å². The molecule has 0 aliphatic rings. The summed E-state index contributed by atoms with van der Waals surface area (Å²) in [5.74, 6) is -0.00681. The molecule has 0 atom stereocenters. The van der Waals surface area contributed by atoms with Crippen LogP contribution in [0.25, 0.3) is 6.08 Å². The number of nitrogens with zero attached hydrogens (tertiary/aromatic N) is 2. The van der Waals surface area contributed by atoms with Crippen LogP contribution in [0.15, 0.2) is 66.2 Å². The molecule has 0 bridgehead atoms. The van der Waals surface area contributed by atoms with Crippen molar-refractivity contribution in [1.82, 2.24) is 0 Å². The van der Waals surface area contributed by atoms with Crippen molar-refractivity contribution < 1.29 is 19.2 Å². The van der Waals surface area contributed by atoms with Crippen molar-refractivity contribution >= 4 is 46.6 Å². The van der Waals surface area contributed by atoms with Gasteiger partial charge >= 0.3 is 0 Å². The molecule has 0 saturated carbocycles. The highest BCUT2D eigenvalue weighted by molar-refractivity contribution is 6.34. The third-order valence-electron chi connectivity index (χ3n) is 4.58. The van der Waals surface area contributed by atoms with E-state index in [2.05, 4.69) is 5.32 Å². The summed E-state index contributed by atoms with van der Waals surface area (Å²) in [5.41, 5.74) is 0.913. The fourth-order valence-corrected chi connectivity index (χ4v) is 3.39. The Morgan fingerprint density at radius 2 is 1.94 bits per heavy atom. The number of ether oxygens (including phenoxy) is 2. The van der Waals surface area contributed by atoms with Gasteiger partial charge in [0.25, 0.3) is 11.6 Å². The number of nitriles is 1. The van der Waals surface area contributed by atoms with Crippen molar-refractivity contribution in [2.75, 3.05) is 12.4 Å². The first-order chi connectivity index (χ1) is 16.3. The van der Waals surface area contributed by atoms with Crippen molar-refractivity contribution in [2.45, 2.75) is 6.61 Å². The standard InChI is InChI=1S/C24H17Cl2N3O5/c1-33-22-7-3-5-16(23(22)34-14-15-4-2-6-18(25)10-15)11-17(13-27)24(30)28-21-9-8-19(29(31)32)12-20(21)26/h2-12H,14H2,1H3,(H,28,30)/b17-11-. The van der Waals surface area contributed by atoms with Gasteiger partial charge in [0, 0.05) is 22.7 Å². The fourth-order valence-electron chi connectivity index (χ4n) is 2.96. The second-order valence-electron chi connectivity index (χ2n) is 6.84. The zero-order valence-corrected chi connectivity index (χ0v) is 19.3. The van der Waals surface area contributed by atoms with Crippen LogP contribution in [0.1, 0.15) is 11.1 Å². The van der Waals surface area contributed by atoms with Crippen LogP contribution in [-0.2, 0) is 11.4 Å². The number of carbonyl (C=O) groups is 1. The second kappa shape index (κ2) is 11.2. The van der Waals surface area contributed by atoms with Crippen LogP contribution in [0.4, 0.5) is 11.4 Å². The molecule has 8 nitrogen and oxygen atoms in total. The monoisotopic (exact) mass is 497 g/mol. The Morgan fingerprint density at radius 3 is 2.59 bits per heavy atom. The van der Waals surface area contributed by atoms with Crippen LogP contribution < -0.4 is 14.8 Å². The largest absolute Gasteiger partial charge is 0.493 e. The maximum Gasteiger partial charge on any atom is 0.271 e. The maximum absolute atomic E-state index is 12.7. The second-order valence-corrected chi connectivity index (χ2v) is 7.69. The summed E-state index contributed by atoms with van der Waals surface area (Å²) in [7, 11) is 1.48. The number of anilines is 1. The minimum absolute atomic E-state index is 0.0354. The number of rotatable bonds is 8. The summed E-state index contributed by atoms with van der Waals surface area (Å²) in [5, 5.41) is 23.5. The van der Waals surface area contributed by atoms with Crippen molar-refractivity contribution in [3.05, 3.63) is 97.5 Å². The van der Waals surface area contributed by atoms with Crippen LogP contribution in [0.5, 0.6) is 11.5 Å². The fraction of sp³-hybridized carbons (Fsp3) is 0.0833. The highest BCUT2D eigenvalue weighted by atomic mass is 35.5. The molecular weight excluding hydrogens is 481 g/mol.